The van der Waals surface area contributed by atoms with Crippen LogP contribution in [0.5, 0.6) is 0 Å². The summed E-state index contributed by atoms with van der Waals surface area (Å²) in [6.45, 7) is 1.47. The highest BCUT2D eigenvalue weighted by molar-refractivity contribution is 7.07. The first-order valence-corrected chi connectivity index (χ1v) is 9.67. The predicted molar refractivity (Wildman–Crippen MR) is 100 cm³/mol. The molecule has 2 amide bonds. The Kier molecular flexibility index (Phi) is 6.04. The minimum Gasteiger partial charge on any atom is -0.337 e. The average Bonchev–Trinajstić information content (AvgIpc) is 3.16. The Balaban J connectivity index is 1.47. The molecule has 1 aliphatic heterocycles. The van der Waals surface area contributed by atoms with Crippen molar-refractivity contribution in [2.24, 2.45) is 5.92 Å². The van der Waals surface area contributed by atoms with Crippen molar-refractivity contribution in [1.82, 2.24) is 9.88 Å². The summed E-state index contributed by atoms with van der Waals surface area (Å²) in [5.41, 5.74) is 2.94. The lowest BCUT2D eigenvalue weighted by molar-refractivity contribution is -0.116. The van der Waals surface area contributed by atoms with Crippen LogP contribution in [-0.2, 0) is 4.79 Å². The first kappa shape index (κ1) is 17.9. The molecule has 7 heteroatoms. The lowest BCUT2D eigenvalue weighted by atomic mass is 9.93. The molecule has 1 N–H and O–H groups in total. The number of amides is 2. The molecule has 1 aromatic heterocycles. The highest BCUT2D eigenvalue weighted by Crippen LogP contribution is 2.23. The van der Waals surface area contributed by atoms with Crippen LogP contribution in [0.2, 0.25) is 5.02 Å². The van der Waals surface area contributed by atoms with Crippen molar-refractivity contribution in [2.45, 2.75) is 25.7 Å². The van der Waals surface area contributed by atoms with Crippen molar-refractivity contribution >= 4 is 40.4 Å². The molecule has 0 bridgehead atoms. The Bertz CT molecular complexity index is 718. The van der Waals surface area contributed by atoms with Gasteiger partial charge < -0.3 is 10.2 Å². The van der Waals surface area contributed by atoms with Crippen LogP contribution in [0.4, 0.5) is 5.69 Å². The third-order valence-electron chi connectivity index (χ3n) is 4.37. The molecule has 1 fully saturated rings. The number of thiazole rings is 1. The van der Waals surface area contributed by atoms with E-state index in [0.29, 0.717) is 29.6 Å². The SMILES string of the molecule is O=C(CCC1CCCN(C(=O)c2cscn2)C1)Nc1ccc(Cl)cc1. The van der Waals surface area contributed by atoms with Crippen molar-refractivity contribution < 1.29 is 9.59 Å². The fourth-order valence-electron chi connectivity index (χ4n) is 3.06. The number of aromatic nitrogens is 1. The number of likely N-dealkylation sites (tertiary alicyclic amines) is 1. The van der Waals surface area contributed by atoms with Crippen molar-refractivity contribution in [1.29, 1.82) is 0 Å². The summed E-state index contributed by atoms with van der Waals surface area (Å²) in [5.74, 6) is 0.342. The van der Waals surface area contributed by atoms with E-state index >= 15 is 0 Å². The van der Waals surface area contributed by atoms with Crippen LogP contribution in [0.3, 0.4) is 0 Å². The van der Waals surface area contributed by atoms with Gasteiger partial charge in [-0.3, -0.25) is 9.59 Å². The van der Waals surface area contributed by atoms with Gasteiger partial charge in [0.1, 0.15) is 5.69 Å². The first-order valence-electron chi connectivity index (χ1n) is 8.34. The first-order chi connectivity index (χ1) is 12.1. The second-order valence-corrected chi connectivity index (χ2v) is 7.38. The highest BCUT2D eigenvalue weighted by atomic mass is 35.5. The molecule has 1 atom stereocenters. The van der Waals surface area contributed by atoms with Gasteiger partial charge in [-0.1, -0.05) is 11.6 Å². The zero-order valence-corrected chi connectivity index (χ0v) is 15.4. The maximum atomic E-state index is 12.4. The molecular formula is C18H20ClN3O2S. The smallest absolute Gasteiger partial charge is 0.273 e. The number of nitrogens with one attached hydrogen (secondary N) is 1. The quantitative estimate of drug-likeness (QED) is 0.854. The minimum atomic E-state index is -0.00901. The Morgan fingerprint density at radius 2 is 2.12 bits per heavy atom. The molecule has 0 radical (unpaired) electrons. The van der Waals surface area contributed by atoms with Crippen LogP contribution < -0.4 is 5.32 Å². The van der Waals surface area contributed by atoms with Gasteiger partial charge >= 0.3 is 0 Å². The number of piperidine rings is 1. The lowest BCUT2D eigenvalue weighted by Crippen LogP contribution is -2.40. The zero-order chi connectivity index (χ0) is 17.6. The van der Waals surface area contributed by atoms with Gasteiger partial charge in [-0.2, -0.15) is 0 Å². The molecule has 3 rings (SSSR count). The fourth-order valence-corrected chi connectivity index (χ4v) is 3.71. The normalized spacial score (nSPS) is 17.3. The molecule has 132 valence electrons. The van der Waals surface area contributed by atoms with Gasteiger partial charge in [0.05, 0.1) is 5.51 Å². The van der Waals surface area contributed by atoms with Gasteiger partial charge in [0.2, 0.25) is 5.91 Å². The molecule has 0 aliphatic carbocycles. The topological polar surface area (TPSA) is 62.3 Å². The molecular weight excluding hydrogens is 358 g/mol. The van der Waals surface area contributed by atoms with Crippen molar-refractivity contribution in [3.63, 3.8) is 0 Å². The second kappa shape index (κ2) is 8.45. The molecule has 1 aromatic carbocycles. The molecule has 5 nitrogen and oxygen atoms in total. The van der Waals surface area contributed by atoms with E-state index in [2.05, 4.69) is 10.3 Å². The monoisotopic (exact) mass is 377 g/mol. The average molecular weight is 378 g/mol. The number of rotatable bonds is 5. The van der Waals surface area contributed by atoms with Crippen LogP contribution in [-0.4, -0.2) is 34.8 Å². The summed E-state index contributed by atoms with van der Waals surface area (Å²) in [7, 11) is 0. The van der Waals surface area contributed by atoms with Gasteiger partial charge in [0, 0.05) is 35.6 Å². The van der Waals surface area contributed by atoms with E-state index in [-0.39, 0.29) is 11.8 Å². The summed E-state index contributed by atoms with van der Waals surface area (Å²) in [5, 5.41) is 5.31. The Morgan fingerprint density at radius 3 is 2.84 bits per heavy atom. The maximum Gasteiger partial charge on any atom is 0.273 e. The molecule has 1 aliphatic rings. The number of carbonyl (C=O) groups is 2. The maximum absolute atomic E-state index is 12.4. The van der Waals surface area contributed by atoms with Crippen molar-refractivity contribution in [3.8, 4) is 0 Å². The Hall–Kier alpha value is -1.92. The Morgan fingerprint density at radius 1 is 1.32 bits per heavy atom. The molecule has 2 heterocycles. The van der Waals surface area contributed by atoms with Crippen LogP contribution in [0.25, 0.3) is 0 Å². The number of anilines is 1. The lowest BCUT2D eigenvalue weighted by Gasteiger charge is -2.32. The summed E-state index contributed by atoms with van der Waals surface area (Å²) < 4.78 is 0. The van der Waals surface area contributed by atoms with E-state index in [1.807, 2.05) is 4.90 Å². The molecule has 25 heavy (non-hydrogen) atoms. The molecule has 1 saturated heterocycles. The largest absolute Gasteiger partial charge is 0.337 e. The Labute approximate surface area is 156 Å². The predicted octanol–water partition coefficient (Wildman–Crippen LogP) is 4.07. The summed E-state index contributed by atoms with van der Waals surface area (Å²) in [6.07, 6.45) is 3.25. The molecule has 1 unspecified atom stereocenters. The van der Waals surface area contributed by atoms with Gasteiger partial charge in [-0.05, 0) is 49.4 Å². The fraction of sp³-hybridized carbons (Fsp3) is 0.389. The standard InChI is InChI=1S/C18H20ClN3O2S/c19-14-4-6-15(7-5-14)21-17(23)8-3-13-2-1-9-22(10-13)18(24)16-11-25-12-20-16/h4-7,11-13H,1-3,8-10H2,(H,21,23). The number of halogens is 1. The van der Waals surface area contributed by atoms with Crippen LogP contribution in [0, 0.1) is 5.92 Å². The summed E-state index contributed by atoms with van der Waals surface area (Å²) in [6, 6.07) is 7.07. The van der Waals surface area contributed by atoms with E-state index < -0.39 is 0 Å². The van der Waals surface area contributed by atoms with Crippen LogP contribution in [0.15, 0.2) is 35.2 Å². The van der Waals surface area contributed by atoms with E-state index in [9.17, 15) is 9.59 Å². The van der Waals surface area contributed by atoms with E-state index in [4.69, 9.17) is 11.6 Å². The molecule has 0 saturated carbocycles. The van der Waals surface area contributed by atoms with Crippen LogP contribution >= 0.6 is 22.9 Å². The summed E-state index contributed by atoms with van der Waals surface area (Å²) >= 11 is 7.27. The molecule has 0 spiro atoms. The van der Waals surface area contributed by atoms with Gasteiger partial charge in [0.15, 0.2) is 0 Å². The number of hydrogen-bond acceptors (Lipinski definition) is 4. The van der Waals surface area contributed by atoms with E-state index in [1.165, 1.54) is 11.3 Å². The summed E-state index contributed by atoms with van der Waals surface area (Å²) in [4.78, 5) is 30.5. The van der Waals surface area contributed by atoms with Gasteiger partial charge in [0.25, 0.3) is 5.91 Å². The number of carbonyl (C=O) groups excluding carboxylic acids is 2. The van der Waals surface area contributed by atoms with Crippen molar-refractivity contribution in [3.05, 3.63) is 45.9 Å². The van der Waals surface area contributed by atoms with Crippen molar-refractivity contribution in [2.75, 3.05) is 18.4 Å². The van der Waals surface area contributed by atoms with E-state index in [0.717, 1.165) is 31.5 Å². The molecule has 2 aromatic rings. The number of nitrogens with zero attached hydrogens (tertiary/aromatic N) is 2. The third kappa shape index (κ3) is 5.03. The minimum absolute atomic E-state index is 0.00318. The zero-order valence-electron chi connectivity index (χ0n) is 13.8. The van der Waals surface area contributed by atoms with Gasteiger partial charge in [-0.15, -0.1) is 11.3 Å². The highest BCUT2D eigenvalue weighted by Gasteiger charge is 2.25. The van der Waals surface area contributed by atoms with Gasteiger partial charge in [-0.25, -0.2) is 4.98 Å². The second-order valence-electron chi connectivity index (χ2n) is 6.23. The number of benzene rings is 1. The van der Waals surface area contributed by atoms with Crippen LogP contribution in [0.1, 0.15) is 36.2 Å². The third-order valence-corrected chi connectivity index (χ3v) is 5.20. The van der Waals surface area contributed by atoms with E-state index in [1.54, 1.807) is 35.2 Å². The number of hydrogen-bond donors (Lipinski definition) is 1.